The van der Waals surface area contributed by atoms with Crippen molar-refractivity contribution in [1.82, 2.24) is 19.6 Å². The molecule has 1 N–H and O–H groups in total. The number of nitrogens with one attached hydrogen (secondary N) is 1. The summed E-state index contributed by atoms with van der Waals surface area (Å²) >= 11 is 0. The molecule has 31 heavy (non-hydrogen) atoms. The third kappa shape index (κ3) is 4.10. The Bertz CT molecular complexity index is 1200. The second-order valence-electron chi connectivity index (χ2n) is 7.53. The summed E-state index contributed by atoms with van der Waals surface area (Å²) in [6, 6.07) is 7.14. The van der Waals surface area contributed by atoms with Crippen molar-refractivity contribution in [3.05, 3.63) is 41.6 Å². The number of aryl methyl sites for hydroxylation is 3. The number of anilines is 1. The number of carbonyl (C=O) groups is 1. The smallest absolute Gasteiger partial charge is 0.248 e. The summed E-state index contributed by atoms with van der Waals surface area (Å²) < 4.78 is 37.7. The zero-order valence-electron chi connectivity index (χ0n) is 17.5. The second-order valence-corrected chi connectivity index (χ2v) is 9.40. The molecule has 164 valence electrons. The number of hydrogen-bond acceptors (Lipinski definition) is 8. The summed E-state index contributed by atoms with van der Waals surface area (Å²) in [4.78, 5) is 17.3. The first-order valence-corrected chi connectivity index (χ1v) is 11.3. The van der Waals surface area contributed by atoms with Gasteiger partial charge in [-0.1, -0.05) is 22.4 Å². The van der Waals surface area contributed by atoms with E-state index in [2.05, 4.69) is 20.6 Å². The monoisotopic (exact) mass is 445 g/mol. The molecule has 2 aromatic heterocycles. The van der Waals surface area contributed by atoms with Crippen LogP contribution in [0.15, 0.2) is 38.2 Å². The number of rotatable bonds is 5. The van der Waals surface area contributed by atoms with E-state index in [1.54, 1.807) is 39.0 Å². The zero-order chi connectivity index (χ0) is 22.2. The molecule has 0 aliphatic carbocycles. The van der Waals surface area contributed by atoms with Gasteiger partial charge in [0.25, 0.3) is 0 Å². The molecule has 4 rings (SSSR count). The van der Waals surface area contributed by atoms with Gasteiger partial charge in [0.2, 0.25) is 27.6 Å². The Morgan fingerprint density at radius 1 is 1.16 bits per heavy atom. The van der Waals surface area contributed by atoms with E-state index < -0.39 is 15.9 Å². The Morgan fingerprint density at radius 3 is 2.61 bits per heavy atom. The van der Waals surface area contributed by atoms with Crippen molar-refractivity contribution in [3.63, 3.8) is 0 Å². The Balaban J connectivity index is 1.53. The molecule has 1 aliphatic heterocycles. The number of carbonyl (C=O) groups excluding carboxylic acids is 1. The van der Waals surface area contributed by atoms with Crippen LogP contribution in [0.5, 0.6) is 0 Å². The van der Waals surface area contributed by atoms with Gasteiger partial charge in [-0.3, -0.25) is 4.79 Å². The maximum atomic E-state index is 13.1. The van der Waals surface area contributed by atoms with Gasteiger partial charge in [-0.15, -0.1) is 0 Å². The van der Waals surface area contributed by atoms with Gasteiger partial charge in [-0.05, 0) is 38.8 Å². The summed E-state index contributed by atoms with van der Waals surface area (Å²) in [7, 11) is -3.80. The average molecular weight is 446 g/mol. The van der Waals surface area contributed by atoms with Gasteiger partial charge >= 0.3 is 0 Å². The van der Waals surface area contributed by atoms with Crippen LogP contribution in [-0.2, 0) is 14.8 Å². The predicted octanol–water partition coefficient (Wildman–Crippen LogP) is 2.69. The third-order valence-corrected chi connectivity index (χ3v) is 7.38. The second kappa shape index (κ2) is 8.23. The minimum absolute atomic E-state index is 0.0754. The molecule has 1 atom stereocenters. The highest BCUT2D eigenvalue weighted by atomic mass is 32.2. The fourth-order valence-corrected chi connectivity index (χ4v) is 5.59. The first-order chi connectivity index (χ1) is 14.8. The summed E-state index contributed by atoms with van der Waals surface area (Å²) in [6.07, 6.45) is 1.16. The topological polar surface area (TPSA) is 131 Å². The number of amides is 1. The molecule has 3 heterocycles. The van der Waals surface area contributed by atoms with Crippen molar-refractivity contribution >= 4 is 21.6 Å². The van der Waals surface area contributed by atoms with Crippen LogP contribution in [0, 0.1) is 26.7 Å². The molecule has 0 radical (unpaired) electrons. The summed E-state index contributed by atoms with van der Waals surface area (Å²) in [5.74, 6) is 0.284. The van der Waals surface area contributed by atoms with Gasteiger partial charge in [0, 0.05) is 25.6 Å². The molecule has 1 aromatic carbocycles. The van der Waals surface area contributed by atoms with Gasteiger partial charge in [-0.2, -0.15) is 9.29 Å². The summed E-state index contributed by atoms with van der Waals surface area (Å²) in [5.41, 5.74) is 1.48. The van der Waals surface area contributed by atoms with Crippen LogP contribution >= 0.6 is 0 Å². The van der Waals surface area contributed by atoms with Gasteiger partial charge in [0.15, 0.2) is 5.76 Å². The van der Waals surface area contributed by atoms with Crippen molar-refractivity contribution in [3.8, 4) is 11.4 Å². The minimum Gasteiger partial charge on any atom is -0.360 e. The van der Waals surface area contributed by atoms with E-state index in [0.29, 0.717) is 48.0 Å². The quantitative estimate of drug-likeness (QED) is 0.634. The minimum atomic E-state index is -3.80. The number of piperidine rings is 1. The number of hydrogen-bond donors (Lipinski definition) is 1. The maximum Gasteiger partial charge on any atom is 0.248 e. The van der Waals surface area contributed by atoms with E-state index in [1.165, 1.54) is 4.31 Å². The highest BCUT2D eigenvalue weighted by Gasteiger charge is 2.36. The molecule has 1 fully saturated rings. The SMILES string of the molecule is Cc1nc(-c2ccccc2NC(=O)C2CCCN(S(=O)(=O)c3c(C)noc3C)C2)no1. The third-order valence-electron chi connectivity index (χ3n) is 5.27. The Kier molecular flexibility index (Phi) is 5.63. The predicted molar refractivity (Wildman–Crippen MR) is 111 cm³/mol. The normalized spacial score (nSPS) is 17.6. The average Bonchev–Trinajstić information content (AvgIpc) is 3.33. The van der Waals surface area contributed by atoms with Crippen LogP contribution in [0.4, 0.5) is 5.69 Å². The van der Waals surface area contributed by atoms with Crippen molar-refractivity contribution in [2.45, 2.75) is 38.5 Å². The zero-order valence-corrected chi connectivity index (χ0v) is 18.3. The van der Waals surface area contributed by atoms with Crippen LogP contribution < -0.4 is 5.32 Å². The van der Waals surface area contributed by atoms with E-state index in [1.807, 2.05) is 6.07 Å². The number of aromatic nitrogens is 3. The highest BCUT2D eigenvalue weighted by molar-refractivity contribution is 7.89. The Morgan fingerprint density at radius 2 is 1.94 bits per heavy atom. The molecule has 1 saturated heterocycles. The molecule has 11 heteroatoms. The molecule has 0 bridgehead atoms. The van der Waals surface area contributed by atoms with Gasteiger partial charge in [0.05, 0.1) is 11.6 Å². The van der Waals surface area contributed by atoms with E-state index in [9.17, 15) is 13.2 Å². The lowest BCUT2D eigenvalue weighted by Gasteiger charge is -2.31. The highest BCUT2D eigenvalue weighted by Crippen LogP contribution is 2.30. The van der Waals surface area contributed by atoms with E-state index in [4.69, 9.17) is 9.05 Å². The fourth-order valence-electron chi connectivity index (χ4n) is 3.78. The van der Waals surface area contributed by atoms with Crippen LogP contribution in [0.2, 0.25) is 0 Å². The molecule has 0 saturated carbocycles. The van der Waals surface area contributed by atoms with Crippen LogP contribution in [0.3, 0.4) is 0 Å². The van der Waals surface area contributed by atoms with Crippen molar-refractivity contribution in [2.24, 2.45) is 5.92 Å². The van der Waals surface area contributed by atoms with Gasteiger partial charge < -0.3 is 14.4 Å². The Labute approximate surface area is 179 Å². The van der Waals surface area contributed by atoms with Gasteiger partial charge in [0.1, 0.15) is 10.6 Å². The largest absolute Gasteiger partial charge is 0.360 e. The fraction of sp³-hybridized carbons (Fsp3) is 0.400. The number of nitrogens with zero attached hydrogens (tertiary/aromatic N) is 4. The molecule has 1 aliphatic rings. The number of benzene rings is 1. The first kappa shape index (κ1) is 21.2. The molecule has 3 aromatic rings. The first-order valence-electron chi connectivity index (χ1n) is 9.91. The van der Waals surface area contributed by atoms with Gasteiger partial charge in [-0.25, -0.2) is 8.42 Å². The standard InChI is InChI=1S/C20H23N5O5S/c1-12-18(13(2)29-23-12)31(27,28)25-10-6-7-15(11-25)20(26)22-17-9-5-4-8-16(17)19-21-14(3)30-24-19/h4-5,8-9,15H,6-7,10-11H2,1-3H3,(H,22,26). The van der Waals surface area contributed by atoms with E-state index in [-0.39, 0.29) is 23.1 Å². The lowest BCUT2D eigenvalue weighted by atomic mass is 9.98. The summed E-state index contributed by atoms with van der Waals surface area (Å²) in [5, 5.41) is 10.6. The lowest BCUT2D eigenvalue weighted by molar-refractivity contribution is -0.120. The lowest BCUT2D eigenvalue weighted by Crippen LogP contribution is -2.44. The molecule has 1 amide bonds. The van der Waals surface area contributed by atoms with Crippen molar-refractivity contribution in [2.75, 3.05) is 18.4 Å². The van der Waals surface area contributed by atoms with E-state index in [0.717, 1.165) is 0 Å². The van der Waals surface area contributed by atoms with E-state index >= 15 is 0 Å². The molecular formula is C20H23N5O5S. The molecule has 0 spiro atoms. The molecule has 1 unspecified atom stereocenters. The Hall–Kier alpha value is -3.05. The maximum absolute atomic E-state index is 13.1. The number of para-hydroxylation sites is 1. The van der Waals surface area contributed by atoms with Crippen LogP contribution in [-0.4, -0.2) is 47.0 Å². The van der Waals surface area contributed by atoms with Crippen molar-refractivity contribution in [1.29, 1.82) is 0 Å². The van der Waals surface area contributed by atoms with Crippen LogP contribution in [0.1, 0.15) is 30.2 Å². The summed E-state index contributed by atoms with van der Waals surface area (Å²) in [6.45, 7) is 5.27. The van der Waals surface area contributed by atoms with Crippen molar-refractivity contribution < 1.29 is 22.3 Å². The molecular weight excluding hydrogens is 422 g/mol. The van der Waals surface area contributed by atoms with Crippen LogP contribution in [0.25, 0.3) is 11.4 Å². The molecule has 10 nitrogen and oxygen atoms in total. The number of sulfonamides is 1.